The van der Waals surface area contributed by atoms with Gasteiger partial charge in [-0.15, -0.1) is 22.7 Å². The van der Waals surface area contributed by atoms with Gasteiger partial charge in [0.15, 0.2) is 0 Å². The van der Waals surface area contributed by atoms with Gasteiger partial charge in [-0.25, -0.2) is 0 Å². The molecule has 14 rings (SSSR count). The lowest BCUT2D eigenvalue weighted by Gasteiger charge is -2.15. The van der Waals surface area contributed by atoms with Crippen LogP contribution >= 0.6 is 22.7 Å². The molecule has 4 nitrogen and oxygen atoms in total. The van der Waals surface area contributed by atoms with Crippen LogP contribution in [0.25, 0.3) is 130 Å². The molecule has 0 radical (unpaired) electrons. The summed E-state index contributed by atoms with van der Waals surface area (Å²) < 4.78 is 4.83. The topological polar surface area (TPSA) is 35.6 Å². The van der Waals surface area contributed by atoms with E-state index in [2.05, 4.69) is 200 Å². The van der Waals surface area contributed by atoms with Crippen molar-refractivity contribution >= 4 is 98.6 Å². The summed E-state index contributed by atoms with van der Waals surface area (Å²) >= 11 is 3.63. The quantitative estimate of drug-likeness (QED) is 0.156. The van der Waals surface area contributed by atoms with Crippen molar-refractivity contribution in [3.63, 3.8) is 0 Å². The van der Waals surface area contributed by atoms with Crippen LogP contribution in [0.1, 0.15) is 0 Å². The summed E-state index contributed by atoms with van der Waals surface area (Å²) in [6.07, 6.45) is 7.91. The highest BCUT2D eigenvalue weighted by Crippen LogP contribution is 2.47. The van der Waals surface area contributed by atoms with E-state index in [4.69, 9.17) is 0 Å². The van der Waals surface area contributed by atoms with Crippen LogP contribution in [0.2, 0.25) is 0 Å². The van der Waals surface area contributed by atoms with Crippen LogP contribution in [0.3, 0.4) is 0 Å². The van der Waals surface area contributed by atoms with Gasteiger partial charge in [0.1, 0.15) is 0 Å². The fraction of sp³-hybridized carbons (Fsp3) is 0. The fourth-order valence-electron chi connectivity index (χ4n) is 10.3. The van der Waals surface area contributed by atoms with Gasteiger partial charge in [-0.1, -0.05) is 109 Å². The highest BCUT2D eigenvalue weighted by molar-refractivity contribution is 7.18. The van der Waals surface area contributed by atoms with E-state index in [0.29, 0.717) is 0 Å². The van der Waals surface area contributed by atoms with E-state index >= 15 is 0 Å². The number of fused-ring (bicyclic) bond motifs is 8. The van der Waals surface area contributed by atoms with E-state index < -0.39 is 0 Å². The van der Waals surface area contributed by atoms with Crippen molar-refractivity contribution in [2.75, 3.05) is 0 Å². The van der Waals surface area contributed by atoms with Crippen molar-refractivity contribution in [3.05, 3.63) is 206 Å². The SMILES string of the molecule is c1ccc(-c2cc(-c3ccc(-n4c5ccncc5c5c6ccc7cc8c(c9ccc(cc54)c6c79)c4cnccc4n8-c4ccc(-c5ccc(-c6ccccc6)s5)cc4)cc3)cs2)cc1. The summed E-state index contributed by atoms with van der Waals surface area (Å²) in [6, 6.07) is 64.5. The third-order valence-corrected chi connectivity index (χ3v) is 15.3. The Morgan fingerprint density at radius 3 is 1.36 bits per heavy atom. The van der Waals surface area contributed by atoms with Crippen LogP contribution in [0, 0.1) is 0 Å². The van der Waals surface area contributed by atoms with Crippen LogP contribution in [0.5, 0.6) is 0 Å². The molecule has 6 aromatic heterocycles. The van der Waals surface area contributed by atoms with Crippen LogP contribution in [0.4, 0.5) is 0 Å². The highest BCUT2D eigenvalue weighted by atomic mass is 32.1. The molecule has 64 heavy (non-hydrogen) atoms. The molecular weight excluding hydrogens is 817 g/mol. The fourth-order valence-corrected chi connectivity index (χ4v) is 12.2. The van der Waals surface area contributed by atoms with Gasteiger partial charge in [0.25, 0.3) is 0 Å². The van der Waals surface area contributed by atoms with Gasteiger partial charge in [-0.2, -0.15) is 0 Å². The number of hydrogen-bond donors (Lipinski definition) is 0. The lowest BCUT2D eigenvalue weighted by molar-refractivity contribution is 1.18. The molecule has 14 aromatic rings. The summed E-state index contributed by atoms with van der Waals surface area (Å²) in [4.78, 5) is 13.2. The Balaban J connectivity index is 0.917. The number of aromatic nitrogens is 4. The average Bonchev–Trinajstić information content (AvgIpc) is 4.18. The molecule has 8 aromatic carbocycles. The van der Waals surface area contributed by atoms with E-state index in [9.17, 15) is 0 Å². The monoisotopic (exact) mass is 850 g/mol. The first kappa shape index (κ1) is 35.7. The summed E-state index contributed by atoms with van der Waals surface area (Å²) in [7, 11) is 0. The van der Waals surface area contributed by atoms with Crippen LogP contribution in [0.15, 0.2) is 206 Å². The molecule has 0 saturated carbocycles. The largest absolute Gasteiger partial charge is 0.309 e. The van der Waals surface area contributed by atoms with Gasteiger partial charge < -0.3 is 9.13 Å². The second kappa shape index (κ2) is 13.8. The molecule has 0 fully saturated rings. The Labute approximate surface area is 375 Å². The zero-order valence-corrected chi connectivity index (χ0v) is 35.9. The van der Waals surface area contributed by atoms with Gasteiger partial charge in [0, 0.05) is 72.3 Å². The van der Waals surface area contributed by atoms with E-state index in [1.54, 1.807) is 11.3 Å². The Bertz CT molecular complexity index is 3830. The number of hydrogen-bond acceptors (Lipinski definition) is 4. The maximum absolute atomic E-state index is 4.68. The zero-order valence-electron chi connectivity index (χ0n) is 34.2. The molecule has 0 amide bonds. The van der Waals surface area contributed by atoms with Crippen molar-refractivity contribution in [3.8, 4) is 53.8 Å². The molecule has 0 aliphatic rings. The summed E-state index contributed by atoms with van der Waals surface area (Å²) in [5, 5.41) is 14.5. The molecule has 6 heterocycles. The number of pyridine rings is 2. The summed E-state index contributed by atoms with van der Waals surface area (Å²) in [5.41, 5.74) is 13.1. The second-order valence-corrected chi connectivity index (χ2v) is 18.6. The van der Waals surface area contributed by atoms with E-state index in [1.807, 2.05) is 36.1 Å². The minimum atomic E-state index is 1.13. The van der Waals surface area contributed by atoms with Crippen LogP contribution in [-0.2, 0) is 0 Å². The van der Waals surface area contributed by atoms with Gasteiger partial charge in [0.05, 0.1) is 22.1 Å². The highest BCUT2D eigenvalue weighted by Gasteiger charge is 2.22. The standard InChI is InChI=1S/C58H34N4S2/c1-3-7-36(8-4-1)52-23-24-53(64-52)38-13-19-43(20-14-38)62-49-26-28-60-33-47(49)58-45-22-15-39-29-50-57(44-21-16-40(30-51(58)62)56(45)55(39)44)46-32-59-27-25-48(46)61(50)42-17-11-35(12-18-42)41-31-54(63-34-41)37-9-5-2-6-10-37/h1-34H. The minimum absolute atomic E-state index is 1.13. The van der Waals surface area contributed by atoms with Crippen molar-refractivity contribution in [1.29, 1.82) is 0 Å². The Hall–Kier alpha value is -7.90. The molecule has 0 saturated heterocycles. The summed E-state index contributed by atoms with van der Waals surface area (Å²) in [6.45, 7) is 0. The smallest absolute Gasteiger partial charge is 0.0572 e. The third-order valence-electron chi connectivity index (χ3n) is 13.1. The first-order chi connectivity index (χ1) is 31.7. The lowest BCUT2D eigenvalue weighted by atomic mass is 9.90. The second-order valence-electron chi connectivity index (χ2n) is 16.6. The molecule has 0 spiro atoms. The molecule has 6 heteroatoms. The van der Waals surface area contributed by atoms with Gasteiger partial charge in [-0.3, -0.25) is 9.97 Å². The summed E-state index contributed by atoms with van der Waals surface area (Å²) in [5.74, 6) is 0. The predicted molar refractivity (Wildman–Crippen MR) is 272 cm³/mol. The number of thiophene rings is 2. The molecule has 0 N–H and O–H groups in total. The van der Waals surface area contributed by atoms with Crippen molar-refractivity contribution < 1.29 is 0 Å². The number of benzene rings is 8. The van der Waals surface area contributed by atoms with Gasteiger partial charge in [-0.05, 0) is 132 Å². The van der Waals surface area contributed by atoms with Crippen molar-refractivity contribution in [2.24, 2.45) is 0 Å². The van der Waals surface area contributed by atoms with Crippen molar-refractivity contribution in [2.45, 2.75) is 0 Å². The minimum Gasteiger partial charge on any atom is -0.309 e. The third kappa shape index (κ3) is 5.27. The maximum Gasteiger partial charge on any atom is 0.0572 e. The molecule has 0 aliphatic carbocycles. The normalized spacial score (nSPS) is 12.1. The van der Waals surface area contributed by atoms with Crippen LogP contribution < -0.4 is 0 Å². The molecular formula is C58H34N4S2. The average molecular weight is 851 g/mol. The molecule has 0 aliphatic heterocycles. The predicted octanol–water partition coefficient (Wildman–Crippen LogP) is 16.4. The molecule has 0 bridgehead atoms. The molecule has 298 valence electrons. The van der Waals surface area contributed by atoms with Gasteiger partial charge in [0.2, 0.25) is 0 Å². The maximum atomic E-state index is 4.68. The van der Waals surface area contributed by atoms with E-state index in [-0.39, 0.29) is 0 Å². The lowest BCUT2D eigenvalue weighted by Crippen LogP contribution is -1.95. The van der Waals surface area contributed by atoms with E-state index in [1.165, 1.54) is 96.6 Å². The van der Waals surface area contributed by atoms with Crippen LogP contribution in [-0.4, -0.2) is 19.1 Å². The number of nitrogens with zero attached hydrogens (tertiary/aromatic N) is 4. The molecule has 0 atom stereocenters. The first-order valence-corrected chi connectivity index (χ1v) is 23.2. The number of rotatable bonds is 6. The molecule has 0 unspecified atom stereocenters. The van der Waals surface area contributed by atoms with Gasteiger partial charge >= 0.3 is 0 Å². The Morgan fingerprint density at radius 1 is 0.344 bits per heavy atom. The van der Waals surface area contributed by atoms with Crippen molar-refractivity contribution in [1.82, 2.24) is 19.1 Å². The van der Waals surface area contributed by atoms with E-state index in [0.717, 1.165) is 33.2 Å². The first-order valence-electron chi connectivity index (χ1n) is 21.5. The Kier molecular flexibility index (Phi) is 7.69. The Morgan fingerprint density at radius 2 is 0.828 bits per heavy atom. The zero-order chi connectivity index (χ0) is 41.9.